The van der Waals surface area contributed by atoms with Crippen LogP contribution in [-0.2, 0) is 4.74 Å². The Morgan fingerprint density at radius 3 is 1.21 bits per heavy atom. The van der Waals surface area contributed by atoms with E-state index in [0.29, 0.717) is 0 Å². The van der Waals surface area contributed by atoms with Gasteiger partial charge in [0.25, 0.3) is 0 Å². The molecule has 0 aliphatic heterocycles. The number of halogens is 13. The van der Waals surface area contributed by atoms with E-state index in [1.807, 2.05) is 0 Å². The highest BCUT2D eigenvalue weighted by Gasteiger charge is 2.91. The zero-order valence-electron chi connectivity index (χ0n) is 11.6. The monoisotopic (exact) mass is 392 g/mol. The summed E-state index contributed by atoms with van der Waals surface area (Å²) in [6.45, 7) is 0.678. The summed E-state index contributed by atoms with van der Waals surface area (Å²) in [6, 6.07) is 0. The van der Waals surface area contributed by atoms with Crippen LogP contribution in [0, 0.1) is 5.92 Å². The highest BCUT2D eigenvalue weighted by molar-refractivity contribution is 5.08. The van der Waals surface area contributed by atoms with Gasteiger partial charge in [0.05, 0.1) is 6.61 Å². The number of alkyl halides is 13. The van der Waals surface area contributed by atoms with Gasteiger partial charge in [-0.3, -0.25) is 0 Å². The molecule has 0 aromatic heterocycles. The van der Waals surface area contributed by atoms with Gasteiger partial charge in [0.1, 0.15) is 0 Å². The zero-order valence-corrected chi connectivity index (χ0v) is 11.6. The van der Waals surface area contributed by atoms with Crippen molar-refractivity contribution in [2.24, 2.45) is 5.92 Å². The molecule has 0 amide bonds. The number of rotatable bonds is 7. The van der Waals surface area contributed by atoms with Crippen LogP contribution in [0.3, 0.4) is 0 Å². The van der Waals surface area contributed by atoms with Crippen molar-refractivity contribution in [1.29, 1.82) is 0 Å². The van der Waals surface area contributed by atoms with Crippen molar-refractivity contribution in [3.05, 3.63) is 0 Å². The minimum atomic E-state index is -7.90. The first-order chi connectivity index (χ1) is 10.2. The minimum absolute atomic E-state index is 1.02. The van der Waals surface area contributed by atoms with Crippen molar-refractivity contribution in [1.82, 2.24) is 0 Å². The molecular formula is C10H9F13O. The fourth-order valence-electron chi connectivity index (χ4n) is 1.12. The number of ether oxygens (including phenoxy) is 1. The molecule has 0 N–H and O–H groups in total. The second-order valence-electron chi connectivity index (χ2n) is 5.02. The van der Waals surface area contributed by atoms with Crippen LogP contribution in [0.1, 0.15) is 13.8 Å². The second-order valence-corrected chi connectivity index (χ2v) is 5.02. The quantitative estimate of drug-likeness (QED) is 0.531. The summed E-state index contributed by atoms with van der Waals surface area (Å²) >= 11 is 0. The molecule has 14 heteroatoms. The standard InChI is InChI=1S/C10H9F13O/c1-4(2)3-24-10(22,23)8(17,18)6(13,14)5(11,12)7(15,16)9(19,20)21/h4H,3H2,1-2H3. The van der Waals surface area contributed by atoms with Crippen molar-refractivity contribution in [2.45, 2.75) is 49.8 Å². The number of hydrogen-bond donors (Lipinski definition) is 0. The van der Waals surface area contributed by atoms with Crippen molar-refractivity contribution in [3.63, 3.8) is 0 Å². The van der Waals surface area contributed by atoms with Gasteiger partial charge < -0.3 is 4.74 Å². The van der Waals surface area contributed by atoms with E-state index >= 15 is 0 Å². The molecule has 0 spiro atoms. The van der Waals surface area contributed by atoms with Crippen LogP contribution in [0.5, 0.6) is 0 Å². The Labute approximate surface area is 125 Å². The Morgan fingerprint density at radius 1 is 0.583 bits per heavy atom. The molecule has 24 heavy (non-hydrogen) atoms. The highest BCUT2D eigenvalue weighted by atomic mass is 19.4. The Morgan fingerprint density at radius 2 is 0.917 bits per heavy atom. The van der Waals surface area contributed by atoms with Crippen molar-refractivity contribution in [3.8, 4) is 0 Å². The van der Waals surface area contributed by atoms with Gasteiger partial charge in [-0.05, 0) is 5.92 Å². The molecule has 0 aromatic carbocycles. The molecule has 0 aliphatic rings. The third-order valence-electron chi connectivity index (χ3n) is 2.50. The Kier molecular flexibility index (Phi) is 5.85. The van der Waals surface area contributed by atoms with E-state index < -0.39 is 48.5 Å². The first kappa shape index (κ1) is 23.1. The van der Waals surface area contributed by atoms with Crippen LogP contribution in [-0.4, -0.2) is 42.6 Å². The van der Waals surface area contributed by atoms with E-state index in [-0.39, 0.29) is 0 Å². The maximum absolute atomic E-state index is 13.0. The average molecular weight is 392 g/mol. The van der Waals surface area contributed by atoms with Crippen LogP contribution in [0.4, 0.5) is 57.1 Å². The van der Waals surface area contributed by atoms with E-state index in [4.69, 9.17) is 0 Å². The first-order valence-electron chi connectivity index (χ1n) is 5.76. The molecule has 0 aliphatic carbocycles. The summed E-state index contributed by atoms with van der Waals surface area (Å²) < 4.78 is 167. The summed E-state index contributed by atoms with van der Waals surface area (Å²) in [4.78, 5) is 0. The third-order valence-corrected chi connectivity index (χ3v) is 2.50. The van der Waals surface area contributed by atoms with Crippen molar-refractivity contribution < 1.29 is 61.8 Å². The molecule has 1 nitrogen and oxygen atoms in total. The van der Waals surface area contributed by atoms with Crippen LogP contribution in [0.25, 0.3) is 0 Å². The molecule has 0 fully saturated rings. The largest absolute Gasteiger partial charge is 0.460 e. The lowest BCUT2D eigenvalue weighted by atomic mass is 9.97. The van der Waals surface area contributed by atoms with Crippen molar-refractivity contribution in [2.75, 3.05) is 6.61 Å². The fourth-order valence-corrected chi connectivity index (χ4v) is 1.12. The topological polar surface area (TPSA) is 9.23 Å². The molecule has 0 rings (SSSR count). The van der Waals surface area contributed by atoms with E-state index in [9.17, 15) is 57.1 Å². The van der Waals surface area contributed by atoms with Gasteiger partial charge in [-0.1, -0.05) is 13.8 Å². The first-order valence-corrected chi connectivity index (χ1v) is 5.76. The van der Waals surface area contributed by atoms with Gasteiger partial charge in [0.15, 0.2) is 0 Å². The molecule has 0 saturated carbocycles. The molecule has 0 unspecified atom stereocenters. The molecule has 0 radical (unpaired) electrons. The van der Waals surface area contributed by atoms with Crippen LogP contribution >= 0.6 is 0 Å². The SMILES string of the molecule is CC(C)COC(F)(F)C(F)(F)C(F)(F)C(F)(F)C(F)(F)C(F)(F)F. The molecule has 0 heterocycles. The highest BCUT2D eigenvalue weighted by Crippen LogP contribution is 2.60. The molecule has 0 atom stereocenters. The molecular weight excluding hydrogens is 383 g/mol. The average Bonchev–Trinajstić information content (AvgIpc) is 2.34. The molecule has 0 aromatic rings. The van der Waals surface area contributed by atoms with Gasteiger partial charge in [0.2, 0.25) is 0 Å². The van der Waals surface area contributed by atoms with Gasteiger partial charge in [-0.25, -0.2) is 0 Å². The van der Waals surface area contributed by atoms with Crippen molar-refractivity contribution >= 4 is 0 Å². The number of hydrogen-bond acceptors (Lipinski definition) is 1. The lowest BCUT2D eigenvalue weighted by molar-refractivity contribution is -0.466. The predicted molar refractivity (Wildman–Crippen MR) is 51.6 cm³/mol. The predicted octanol–water partition coefficient (Wildman–Crippen LogP) is 5.36. The van der Waals surface area contributed by atoms with Crippen LogP contribution in [0.15, 0.2) is 0 Å². The van der Waals surface area contributed by atoms with E-state index in [2.05, 4.69) is 4.74 Å². The van der Waals surface area contributed by atoms with Gasteiger partial charge >= 0.3 is 36.0 Å². The summed E-state index contributed by atoms with van der Waals surface area (Å²) in [7, 11) is 0. The lowest BCUT2D eigenvalue weighted by Crippen LogP contribution is -2.70. The molecule has 0 saturated heterocycles. The summed E-state index contributed by atoms with van der Waals surface area (Å²) in [5.74, 6) is -31.8. The van der Waals surface area contributed by atoms with Gasteiger partial charge in [0, 0.05) is 0 Å². The summed E-state index contributed by atoms with van der Waals surface area (Å²) in [5.41, 5.74) is 0. The molecule has 146 valence electrons. The minimum Gasteiger partial charge on any atom is -0.315 e. The summed E-state index contributed by atoms with van der Waals surface area (Å²) in [5, 5.41) is 0. The van der Waals surface area contributed by atoms with Crippen LogP contribution < -0.4 is 0 Å². The second kappa shape index (κ2) is 6.09. The molecule has 0 bridgehead atoms. The van der Waals surface area contributed by atoms with Gasteiger partial charge in [-0.2, -0.15) is 57.1 Å². The smallest absolute Gasteiger partial charge is 0.315 e. The normalized spacial score (nSPS) is 16.0. The Balaban J connectivity index is 6.01. The fraction of sp³-hybridized carbons (Fsp3) is 1.00. The maximum atomic E-state index is 13.0. The lowest BCUT2D eigenvalue weighted by Gasteiger charge is -2.39. The van der Waals surface area contributed by atoms with E-state index in [0.717, 1.165) is 13.8 Å². The third kappa shape index (κ3) is 3.38. The van der Waals surface area contributed by atoms with Gasteiger partial charge in [-0.15, -0.1) is 0 Å². The summed E-state index contributed by atoms with van der Waals surface area (Å²) in [6.07, 6.45) is -13.9. The maximum Gasteiger partial charge on any atom is 0.460 e. The zero-order chi connectivity index (χ0) is 20.0. The van der Waals surface area contributed by atoms with E-state index in [1.165, 1.54) is 0 Å². The Bertz CT molecular complexity index is 437. The Hall–Kier alpha value is -0.950. The van der Waals surface area contributed by atoms with Crippen LogP contribution in [0.2, 0.25) is 0 Å². The van der Waals surface area contributed by atoms with E-state index in [1.54, 1.807) is 0 Å².